The Kier molecular flexibility index (Phi) is 3.29. The fourth-order valence-electron chi connectivity index (χ4n) is 2.74. The van der Waals surface area contributed by atoms with Gasteiger partial charge < -0.3 is 9.47 Å². The topological polar surface area (TPSA) is 38.8 Å². The molecule has 0 aromatic heterocycles. The molecule has 0 amide bonds. The number of rotatable bonds is 3. The summed E-state index contributed by atoms with van der Waals surface area (Å²) in [6.07, 6.45) is 7.99. The van der Waals surface area contributed by atoms with Crippen LogP contribution in [-0.4, -0.2) is 25.8 Å². The summed E-state index contributed by atoms with van der Waals surface area (Å²) in [5, 5.41) is 0. The van der Waals surface area contributed by atoms with E-state index in [0.29, 0.717) is 6.10 Å². The molecule has 1 saturated carbocycles. The summed E-state index contributed by atoms with van der Waals surface area (Å²) in [5.41, 5.74) is -0.230. The molecule has 1 atom stereocenters. The second-order valence-corrected chi connectivity index (χ2v) is 4.85. The van der Waals surface area contributed by atoms with Gasteiger partial charge in [0, 0.05) is 0 Å². The maximum Gasteiger partial charge on any atom is 0.311 e. The molecule has 1 aliphatic carbocycles. The van der Waals surface area contributed by atoms with Gasteiger partial charge in [0.05, 0.1) is 25.2 Å². The van der Waals surface area contributed by atoms with Crippen molar-refractivity contribution in [3.8, 4) is 0 Å². The molecule has 2 aliphatic rings. The SMILES string of the molecule is COC(=O)C1(CC2CO2)CCCCCC1. The molecule has 0 aromatic carbocycles. The largest absolute Gasteiger partial charge is 0.469 e. The van der Waals surface area contributed by atoms with E-state index in [0.717, 1.165) is 38.7 Å². The zero-order valence-corrected chi connectivity index (χ0v) is 9.46. The molecule has 0 aromatic rings. The van der Waals surface area contributed by atoms with Gasteiger partial charge >= 0.3 is 5.97 Å². The van der Waals surface area contributed by atoms with Gasteiger partial charge in [-0.3, -0.25) is 4.79 Å². The van der Waals surface area contributed by atoms with Crippen LogP contribution in [0.4, 0.5) is 0 Å². The fourth-order valence-corrected chi connectivity index (χ4v) is 2.74. The third-order valence-corrected chi connectivity index (χ3v) is 3.70. The quantitative estimate of drug-likeness (QED) is 0.409. The number of ether oxygens (including phenoxy) is 2. The first-order valence-electron chi connectivity index (χ1n) is 5.97. The van der Waals surface area contributed by atoms with Crippen LogP contribution in [0.25, 0.3) is 0 Å². The number of esters is 1. The Bertz CT molecular complexity index is 225. The highest BCUT2D eigenvalue weighted by molar-refractivity contribution is 5.76. The van der Waals surface area contributed by atoms with Crippen LogP contribution >= 0.6 is 0 Å². The Morgan fingerprint density at radius 3 is 2.40 bits per heavy atom. The van der Waals surface area contributed by atoms with Crippen LogP contribution in [0.5, 0.6) is 0 Å². The van der Waals surface area contributed by atoms with Gasteiger partial charge in [-0.05, 0) is 19.3 Å². The lowest BCUT2D eigenvalue weighted by Gasteiger charge is -2.28. The molecule has 3 heteroatoms. The minimum Gasteiger partial charge on any atom is -0.469 e. The van der Waals surface area contributed by atoms with Crippen molar-refractivity contribution in [1.29, 1.82) is 0 Å². The summed E-state index contributed by atoms with van der Waals surface area (Å²) in [6, 6.07) is 0. The lowest BCUT2D eigenvalue weighted by atomic mass is 9.76. The van der Waals surface area contributed by atoms with E-state index >= 15 is 0 Å². The van der Waals surface area contributed by atoms with Crippen molar-refractivity contribution in [2.45, 2.75) is 51.0 Å². The molecule has 15 heavy (non-hydrogen) atoms. The van der Waals surface area contributed by atoms with Crippen molar-refractivity contribution in [2.24, 2.45) is 5.41 Å². The van der Waals surface area contributed by atoms with Crippen LogP contribution in [0.2, 0.25) is 0 Å². The molecule has 0 spiro atoms. The highest BCUT2D eigenvalue weighted by Crippen LogP contribution is 2.42. The zero-order chi connectivity index (χ0) is 10.7. The molecular formula is C12H20O3. The third kappa shape index (κ3) is 2.51. The van der Waals surface area contributed by atoms with Crippen molar-refractivity contribution in [3.63, 3.8) is 0 Å². The number of methoxy groups -OCH3 is 1. The Morgan fingerprint density at radius 1 is 1.33 bits per heavy atom. The van der Waals surface area contributed by atoms with Gasteiger partial charge in [-0.15, -0.1) is 0 Å². The smallest absolute Gasteiger partial charge is 0.311 e. The van der Waals surface area contributed by atoms with Crippen LogP contribution < -0.4 is 0 Å². The maximum atomic E-state index is 11.9. The Morgan fingerprint density at radius 2 is 1.93 bits per heavy atom. The van der Waals surface area contributed by atoms with Crippen molar-refractivity contribution >= 4 is 5.97 Å². The molecule has 3 nitrogen and oxygen atoms in total. The van der Waals surface area contributed by atoms with Gasteiger partial charge in [-0.2, -0.15) is 0 Å². The number of carbonyl (C=O) groups is 1. The van der Waals surface area contributed by atoms with E-state index in [4.69, 9.17) is 9.47 Å². The molecule has 2 fully saturated rings. The molecule has 1 saturated heterocycles. The summed E-state index contributed by atoms with van der Waals surface area (Å²) in [6.45, 7) is 0.832. The van der Waals surface area contributed by atoms with Crippen LogP contribution in [0, 0.1) is 5.41 Å². The van der Waals surface area contributed by atoms with Gasteiger partial charge in [-0.25, -0.2) is 0 Å². The predicted molar refractivity (Wildman–Crippen MR) is 56.5 cm³/mol. The van der Waals surface area contributed by atoms with E-state index in [9.17, 15) is 4.79 Å². The Balaban J connectivity index is 2.07. The standard InChI is InChI=1S/C12H20O3/c1-14-11(13)12(8-10-9-15-10)6-4-2-3-5-7-12/h10H,2-9H2,1H3. The average molecular weight is 212 g/mol. The molecule has 1 unspecified atom stereocenters. The highest BCUT2D eigenvalue weighted by atomic mass is 16.6. The van der Waals surface area contributed by atoms with Crippen LogP contribution in [-0.2, 0) is 14.3 Å². The van der Waals surface area contributed by atoms with Crippen LogP contribution in [0.15, 0.2) is 0 Å². The van der Waals surface area contributed by atoms with E-state index in [1.165, 1.54) is 20.0 Å². The van der Waals surface area contributed by atoms with Crippen LogP contribution in [0.3, 0.4) is 0 Å². The second-order valence-electron chi connectivity index (χ2n) is 4.85. The lowest BCUT2D eigenvalue weighted by Crippen LogP contribution is -2.33. The number of carbonyl (C=O) groups excluding carboxylic acids is 1. The summed E-state index contributed by atoms with van der Waals surface area (Å²) in [7, 11) is 1.50. The molecule has 0 bridgehead atoms. The minimum atomic E-state index is -0.230. The van der Waals surface area contributed by atoms with Gasteiger partial charge in [0.1, 0.15) is 0 Å². The first-order valence-corrected chi connectivity index (χ1v) is 5.97. The number of hydrogen-bond acceptors (Lipinski definition) is 3. The zero-order valence-electron chi connectivity index (χ0n) is 9.46. The number of hydrogen-bond donors (Lipinski definition) is 0. The van der Waals surface area contributed by atoms with E-state index in [1.54, 1.807) is 0 Å². The van der Waals surface area contributed by atoms with E-state index in [2.05, 4.69) is 0 Å². The van der Waals surface area contributed by atoms with Crippen molar-refractivity contribution < 1.29 is 14.3 Å². The summed E-state index contributed by atoms with van der Waals surface area (Å²) >= 11 is 0. The molecule has 0 N–H and O–H groups in total. The van der Waals surface area contributed by atoms with E-state index in [-0.39, 0.29) is 11.4 Å². The molecular weight excluding hydrogens is 192 g/mol. The minimum absolute atomic E-state index is 0.0140. The highest BCUT2D eigenvalue weighted by Gasteiger charge is 2.44. The van der Waals surface area contributed by atoms with Crippen molar-refractivity contribution in [1.82, 2.24) is 0 Å². The number of epoxide rings is 1. The maximum absolute atomic E-state index is 11.9. The van der Waals surface area contributed by atoms with Crippen molar-refractivity contribution in [3.05, 3.63) is 0 Å². The molecule has 1 heterocycles. The van der Waals surface area contributed by atoms with Crippen LogP contribution in [0.1, 0.15) is 44.9 Å². The Hall–Kier alpha value is -0.570. The first kappa shape index (κ1) is 10.9. The van der Waals surface area contributed by atoms with E-state index in [1.807, 2.05) is 0 Å². The van der Waals surface area contributed by atoms with Gasteiger partial charge in [0.25, 0.3) is 0 Å². The predicted octanol–water partition coefficient (Wildman–Crippen LogP) is 2.29. The monoisotopic (exact) mass is 212 g/mol. The molecule has 1 aliphatic heterocycles. The second kappa shape index (κ2) is 4.52. The Labute approximate surface area is 91.1 Å². The first-order chi connectivity index (χ1) is 7.27. The lowest BCUT2D eigenvalue weighted by molar-refractivity contribution is -0.154. The average Bonchev–Trinajstić information content (AvgIpc) is 3.05. The third-order valence-electron chi connectivity index (χ3n) is 3.70. The van der Waals surface area contributed by atoms with Crippen molar-refractivity contribution in [2.75, 3.05) is 13.7 Å². The summed E-state index contributed by atoms with van der Waals surface area (Å²) in [5.74, 6) is -0.0140. The van der Waals surface area contributed by atoms with Gasteiger partial charge in [-0.1, -0.05) is 25.7 Å². The fraction of sp³-hybridized carbons (Fsp3) is 0.917. The summed E-state index contributed by atoms with van der Waals surface area (Å²) in [4.78, 5) is 11.9. The molecule has 2 rings (SSSR count). The summed E-state index contributed by atoms with van der Waals surface area (Å²) < 4.78 is 10.2. The normalized spacial score (nSPS) is 29.3. The van der Waals surface area contributed by atoms with Gasteiger partial charge in [0.2, 0.25) is 0 Å². The van der Waals surface area contributed by atoms with Gasteiger partial charge in [0.15, 0.2) is 0 Å². The molecule has 86 valence electrons. The molecule has 0 radical (unpaired) electrons. The van der Waals surface area contributed by atoms with E-state index < -0.39 is 0 Å².